The SMILES string of the molecule is CCCNC1c2cc(F)cc(Br)c2CSC1C(C)C. The first-order valence-electron chi connectivity index (χ1n) is 6.87. The van der Waals surface area contributed by atoms with Crippen LogP contribution in [0.25, 0.3) is 0 Å². The lowest BCUT2D eigenvalue weighted by Gasteiger charge is -2.36. The van der Waals surface area contributed by atoms with E-state index in [4.69, 9.17) is 0 Å². The Morgan fingerprint density at radius 3 is 2.84 bits per heavy atom. The Kier molecular flexibility index (Phi) is 5.32. The van der Waals surface area contributed by atoms with Crippen molar-refractivity contribution in [3.05, 3.63) is 33.5 Å². The second kappa shape index (κ2) is 6.59. The van der Waals surface area contributed by atoms with E-state index in [0.29, 0.717) is 11.2 Å². The standard InChI is InChI=1S/C15H21BrFNS/c1-4-5-18-14-11-6-10(17)7-13(16)12(11)8-19-15(14)9(2)3/h6-7,9,14-15,18H,4-5,8H2,1-3H3. The molecule has 4 heteroatoms. The van der Waals surface area contributed by atoms with E-state index >= 15 is 0 Å². The van der Waals surface area contributed by atoms with Crippen molar-refractivity contribution in [1.29, 1.82) is 0 Å². The van der Waals surface area contributed by atoms with Gasteiger partial charge in [0.25, 0.3) is 0 Å². The minimum atomic E-state index is -0.150. The monoisotopic (exact) mass is 345 g/mol. The quantitative estimate of drug-likeness (QED) is 0.832. The third kappa shape index (κ3) is 3.34. The van der Waals surface area contributed by atoms with Crippen molar-refractivity contribution in [2.24, 2.45) is 5.92 Å². The van der Waals surface area contributed by atoms with Crippen LogP contribution in [-0.4, -0.2) is 11.8 Å². The minimum absolute atomic E-state index is 0.150. The highest BCUT2D eigenvalue weighted by Crippen LogP contribution is 2.43. The summed E-state index contributed by atoms with van der Waals surface area (Å²) in [5.74, 6) is 1.39. The van der Waals surface area contributed by atoms with Crippen LogP contribution in [0.1, 0.15) is 44.4 Å². The van der Waals surface area contributed by atoms with Crippen LogP contribution < -0.4 is 5.32 Å². The molecule has 0 saturated heterocycles. The van der Waals surface area contributed by atoms with Gasteiger partial charge in [0.1, 0.15) is 5.82 Å². The maximum Gasteiger partial charge on any atom is 0.124 e. The van der Waals surface area contributed by atoms with E-state index < -0.39 is 0 Å². The first-order valence-corrected chi connectivity index (χ1v) is 8.71. The summed E-state index contributed by atoms with van der Waals surface area (Å²) in [5, 5.41) is 4.11. The zero-order chi connectivity index (χ0) is 14.0. The van der Waals surface area contributed by atoms with Gasteiger partial charge in [0.05, 0.1) is 0 Å². The van der Waals surface area contributed by atoms with Crippen molar-refractivity contribution in [2.45, 2.75) is 44.2 Å². The van der Waals surface area contributed by atoms with Gasteiger partial charge in [-0.15, -0.1) is 0 Å². The molecule has 1 nitrogen and oxygen atoms in total. The molecule has 0 radical (unpaired) electrons. The van der Waals surface area contributed by atoms with Crippen LogP contribution in [0.2, 0.25) is 0 Å². The van der Waals surface area contributed by atoms with Crippen molar-refractivity contribution < 1.29 is 4.39 Å². The van der Waals surface area contributed by atoms with Crippen molar-refractivity contribution in [3.63, 3.8) is 0 Å². The van der Waals surface area contributed by atoms with Crippen molar-refractivity contribution in [2.75, 3.05) is 6.54 Å². The van der Waals surface area contributed by atoms with Crippen LogP contribution in [0.4, 0.5) is 4.39 Å². The fourth-order valence-corrected chi connectivity index (χ4v) is 4.88. The fraction of sp³-hybridized carbons (Fsp3) is 0.600. The van der Waals surface area contributed by atoms with Gasteiger partial charge in [-0.25, -0.2) is 4.39 Å². The van der Waals surface area contributed by atoms with E-state index in [0.717, 1.165) is 28.8 Å². The van der Waals surface area contributed by atoms with E-state index in [2.05, 4.69) is 42.0 Å². The number of rotatable bonds is 4. The highest BCUT2D eigenvalue weighted by Gasteiger charge is 2.33. The molecular weight excluding hydrogens is 325 g/mol. The lowest BCUT2D eigenvalue weighted by molar-refractivity contribution is 0.436. The predicted octanol–water partition coefficient (Wildman–Crippen LogP) is 4.90. The summed E-state index contributed by atoms with van der Waals surface area (Å²) < 4.78 is 14.6. The van der Waals surface area contributed by atoms with Crippen molar-refractivity contribution >= 4 is 27.7 Å². The smallest absolute Gasteiger partial charge is 0.124 e. The van der Waals surface area contributed by atoms with Gasteiger partial charge >= 0.3 is 0 Å². The van der Waals surface area contributed by atoms with Crippen LogP contribution in [-0.2, 0) is 5.75 Å². The van der Waals surface area contributed by atoms with Gasteiger partial charge < -0.3 is 5.32 Å². The molecule has 0 fully saturated rings. The first kappa shape index (κ1) is 15.3. The number of hydrogen-bond acceptors (Lipinski definition) is 2. The van der Waals surface area contributed by atoms with E-state index in [1.165, 1.54) is 5.56 Å². The van der Waals surface area contributed by atoms with Crippen LogP contribution in [0, 0.1) is 11.7 Å². The van der Waals surface area contributed by atoms with Crippen molar-refractivity contribution in [3.8, 4) is 0 Å². The average Bonchev–Trinajstić information content (AvgIpc) is 2.35. The number of nitrogens with one attached hydrogen (secondary N) is 1. The van der Waals surface area contributed by atoms with Gasteiger partial charge in [0.2, 0.25) is 0 Å². The van der Waals surface area contributed by atoms with E-state index in [9.17, 15) is 4.39 Å². The third-order valence-corrected chi connectivity index (χ3v) is 5.91. The highest BCUT2D eigenvalue weighted by atomic mass is 79.9. The van der Waals surface area contributed by atoms with E-state index in [1.54, 1.807) is 12.1 Å². The molecular formula is C15H21BrFNS. The summed E-state index contributed by atoms with van der Waals surface area (Å²) >= 11 is 5.48. The Bertz CT molecular complexity index is 450. The lowest BCUT2D eigenvalue weighted by Crippen LogP contribution is -2.37. The average molecular weight is 346 g/mol. The molecule has 0 amide bonds. The van der Waals surface area contributed by atoms with Crippen LogP contribution in [0.15, 0.2) is 16.6 Å². The highest BCUT2D eigenvalue weighted by molar-refractivity contribution is 9.10. The molecule has 1 aliphatic heterocycles. The molecule has 1 aromatic rings. The zero-order valence-electron chi connectivity index (χ0n) is 11.7. The van der Waals surface area contributed by atoms with Gasteiger partial charge in [-0.05, 0) is 42.1 Å². The van der Waals surface area contributed by atoms with Gasteiger partial charge in [-0.2, -0.15) is 11.8 Å². The molecule has 1 aliphatic rings. The fourth-order valence-electron chi connectivity index (χ4n) is 2.61. The van der Waals surface area contributed by atoms with Crippen LogP contribution >= 0.6 is 27.7 Å². The maximum atomic E-state index is 13.7. The molecule has 0 bridgehead atoms. The molecule has 0 saturated carbocycles. The molecule has 2 rings (SSSR count). The largest absolute Gasteiger partial charge is 0.309 e. The second-order valence-electron chi connectivity index (χ2n) is 5.41. The second-order valence-corrected chi connectivity index (χ2v) is 7.43. The Hall–Kier alpha value is -0.0600. The van der Waals surface area contributed by atoms with Crippen LogP contribution in [0.5, 0.6) is 0 Å². The predicted molar refractivity (Wildman–Crippen MR) is 85.1 cm³/mol. The molecule has 19 heavy (non-hydrogen) atoms. The van der Waals surface area contributed by atoms with E-state index in [1.807, 2.05) is 11.8 Å². The molecule has 1 heterocycles. The maximum absolute atomic E-state index is 13.7. The topological polar surface area (TPSA) is 12.0 Å². The number of benzene rings is 1. The molecule has 1 N–H and O–H groups in total. The summed E-state index contributed by atoms with van der Waals surface area (Å²) in [6.45, 7) is 7.63. The van der Waals surface area contributed by atoms with Gasteiger partial charge in [0.15, 0.2) is 0 Å². The molecule has 2 unspecified atom stereocenters. The third-order valence-electron chi connectivity index (χ3n) is 3.55. The zero-order valence-corrected chi connectivity index (χ0v) is 14.1. The molecule has 2 atom stereocenters. The lowest BCUT2D eigenvalue weighted by atomic mass is 9.92. The summed E-state index contributed by atoms with van der Waals surface area (Å²) in [5.41, 5.74) is 2.38. The number of fused-ring (bicyclic) bond motifs is 1. The van der Waals surface area contributed by atoms with Gasteiger partial charge in [-0.3, -0.25) is 0 Å². The van der Waals surface area contributed by atoms with Gasteiger partial charge in [0, 0.05) is 21.5 Å². The molecule has 0 aliphatic carbocycles. The summed E-state index contributed by atoms with van der Waals surface area (Å²) in [4.78, 5) is 0. The Morgan fingerprint density at radius 1 is 1.47 bits per heavy atom. The number of halogens is 2. The Balaban J connectivity index is 2.39. The minimum Gasteiger partial charge on any atom is -0.309 e. The molecule has 0 spiro atoms. The molecule has 0 aromatic heterocycles. The van der Waals surface area contributed by atoms with Crippen molar-refractivity contribution in [1.82, 2.24) is 5.32 Å². The Morgan fingerprint density at radius 2 is 2.21 bits per heavy atom. The summed E-state index contributed by atoms with van der Waals surface area (Å²) in [7, 11) is 0. The number of hydrogen-bond donors (Lipinski definition) is 1. The van der Waals surface area contributed by atoms with E-state index in [-0.39, 0.29) is 11.9 Å². The molecule has 106 valence electrons. The molecule has 1 aromatic carbocycles. The first-order chi connectivity index (χ1) is 9.04. The summed E-state index contributed by atoms with van der Waals surface area (Å²) in [6.07, 6.45) is 1.10. The number of thioether (sulfide) groups is 1. The van der Waals surface area contributed by atoms with Crippen LogP contribution in [0.3, 0.4) is 0 Å². The summed E-state index contributed by atoms with van der Waals surface area (Å²) in [6, 6.07) is 3.54. The normalized spacial score (nSPS) is 22.6. The van der Waals surface area contributed by atoms with Gasteiger partial charge in [-0.1, -0.05) is 36.7 Å². The Labute approximate surface area is 127 Å².